The lowest BCUT2D eigenvalue weighted by molar-refractivity contribution is 0.167. The van der Waals surface area contributed by atoms with Crippen LogP contribution in [0, 0.1) is 0 Å². The highest BCUT2D eigenvalue weighted by atomic mass is 16.5. The first kappa shape index (κ1) is 10.6. The highest BCUT2D eigenvalue weighted by molar-refractivity contribution is 5.67. The fraction of sp³-hybridized carbons (Fsp3) is 0.556. The minimum absolute atomic E-state index is 0.0253. The normalized spacial score (nSPS) is 12.2. The van der Waals surface area contributed by atoms with E-state index in [1.165, 1.54) is 7.11 Å². The Morgan fingerprint density at radius 3 is 3.00 bits per heavy atom. The van der Waals surface area contributed by atoms with Crippen LogP contribution in [0.15, 0.2) is 12.5 Å². The molecule has 1 aromatic rings. The molecule has 0 aliphatic carbocycles. The number of aromatic nitrogens is 2. The van der Waals surface area contributed by atoms with Crippen LogP contribution in [0.25, 0.3) is 0 Å². The standard InChI is InChI=1S/C9H15N3O2/c1-7(11-9(13)14-3)4-8-5-12(2)6-10-8/h5-7H,4H2,1-3H3,(H,11,13). The molecule has 5 heteroatoms. The Morgan fingerprint density at radius 2 is 2.50 bits per heavy atom. The van der Waals surface area contributed by atoms with Gasteiger partial charge in [0.05, 0.1) is 19.1 Å². The molecule has 1 aromatic heterocycles. The summed E-state index contributed by atoms with van der Waals surface area (Å²) in [5.41, 5.74) is 0.955. The van der Waals surface area contributed by atoms with Crippen LogP contribution in [0.1, 0.15) is 12.6 Å². The monoisotopic (exact) mass is 197 g/mol. The number of hydrogen-bond donors (Lipinski definition) is 1. The van der Waals surface area contributed by atoms with Crippen LogP contribution >= 0.6 is 0 Å². The maximum absolute atomic E-state index is 10.9. The zero-order chi connectivity index (χ0) is 10.6. The number of imidazole rings is 1. The van der Waals surface area contributed by atoms with E-state index in [9.17, 15) is 4.79 Å². The molecule has 1 N–H and O–H groups in total. The minimum Gasteiger partial charge on any atom is -0.453 e. The van der Waals surface area contributed by atoms with Crippen LogP contribution in [0.4, 0.5) is 4.79 Å². The van der Waals surface area contributed by atoms with E-state index in [-0.39, 0.29) is 6.04 Å². The van der Waals surface area contributed by atoms with E-state index in [0.29, 0.717) is 6.42 Å². The lowest BCUT2D eigenvalue weighted by Gasteiger charge is -2.10. The Labute approximate surface area is 83.1 Å². The van der Waals surface area contributed by atoms with Gasteiger partial charge < -0.3 is 14.6 Å². The van der Waals surface area contributed by atoms with Gasteiger partial charge in [-0.2, -0.15) is 0 Å². The number of carbonyl (C=O) groups is 1. The number of methoxy groups -OCH3 is 1. The van der Waals surface area contributed by atoms with Crippen molar-refractivity contribution in [2.45, 2.75) is 19.4 Å². The molecule has 1 atom stereocenters. The van der Waals surface area contributed by atoms with Gasteiger partial charge in [-0.25, -0.2) is 9.78 Å². The second-order valence-corrected chi connectivity index (χ2v) is 3.27. The molecule has 78 valence electrons. The predicted molar refractivity (Wildman–Crippen MR) is 51.9 cm³/mol. The fourth-order valence-corrected chi connectivity index (χ4v) is 1.20. The van der Waals surface area contributed by atoms with Crippen molar-refractivity contribution in [2.24, 2.45) is 7.05 Å². The van der Waals surface area contributed by atoms with Crippen LogP contribution in [0.2, 0.25) is 0 Å². The molecule has 1 unspecified atom stereocenters. The van der Waals surface area contributed by atoms with Crippen LogP contribution in [-0.2, 0) is 18.2 Å². The van der Waals surface area contributed by atoms with Gasteiger partial charge in [0.2, 0.25) is 0 Å². The summed E-state index contributed by atoms with van der Waals surface area (Å²) < 4.78 is 6.36. The molecule has 1 amide bonds. The maximum atomic E-state index is 10.9. The topological polar surface area (TPSA) is 56.1 Å². The maximum Gasteiger partial charge on any atom is 0.407 e. The number of hydrogen-bond acceptors (Lipinski definition) is 3. The lowest BCUT2D eigenvalue weighted by Crippen LogP contribution is -2.33. The summed E-state index contributed by atoms with van der Waals surface area (Å²) in [5, 5.41) is 2.68. The van der Waals surface area contributed by atoms with Gasteiger partial charge in [0.1, 0.15) is 0 Å². The first-order valence-electron chi connectivity index (χ1n) is 4.43. The van der Waals surface area contributed by atoms with E-state index in [1.807, 2.05) is 24.7 Å². The Kier molecular flexibility index (Phi) is 3.50. The molecular formula is C9H15N3O2. The molecule has 0 aliphatic rings. The van der Waals surface area contributed by atoms with E-state index in [2.05, 4.69) is 15.0 Å². The van der Waals surface area contributed by atoms with Gasteiger partial charge in [0, 0.05) is 25.7 Å². The Hall–Kier alpha value is -1.52. The zero-order valence-electron chi connectivity index (χ0n) is 8.65. The van der Waals surface area contributed by atoms with Crippen LogP contribution < -0.4 is 5.32 Å². The largest absolute Gasteiger partial charge is 0.453 e. The molecule has 0 fully saturated rings. The van der Waals surface area contributed by atoms with Gasteiger partial charge in [-0.15, -0.1) is 0 Å². The average molecular weight is 197 g/mol. The molecule has 14 heavy (non-hydrogen) atoms. The average Bonchev–Trinajstić information content (AvgIpc) is 2.50. The lowest BCUT2D eigenvalue weighted by atomic mass is 10.2. The van der Waals surface area contributed by atoms with Crippen LogP contribution in [-0.4, -0.2) is 28.8 Å². The number of amides is 1. The number of alkyl carbamates (subject to hydrolysis) is 1. The smallest absolute Gasteiger partial charge is 0.407 e. The highest BCUT2D eigenvalue weighted by Gasteiger charge is 2.08. The van der Waals surface area contributed by atoms with Crippen molar-refractivity contribution in [3.05, 3.63) is 18.2 Å². The Bertz CT molecular complexity index is 309. The summed E-state index contributed by atoms with van der Waals surface area (Å²) in [5.74, 6) is 0. The van der Waals surface area contributed by atoms with E-state index in [4.69, 9.17) is 0 Å². The van der Waals surface area contributed by atoms with E-state index >= 15 is 0 Å². The second-order valence-electron chi connectivity index (χ2n) is 3.27. The molecule has 1 heterocycles. The molecule has 5 nitrogen and oxygen atoms in total. The van der Waals surface area contributed by atoms with Crippen molar-refractivity contribution < 1.29 is 9.53 Å². The first-order valence-corrected chi connectivity index (χ1v) is 4.43. The van der Waals surface area contributed by atoms with Crippen molar-refractivity contribution >= 4 is 6.09 Å². The van der Waals surface area contributed by atoms with E-state index in [1.54, 1.807) is 6.33 Å². The Morgan fingerprint density at radius 1 is 1.79 bits per heavy atom. The van der Waals surface area contributed by atoms with Crippen molar-refractivity contribution in [2.75, 3.05) is 7.11 Å². The molecular weight excluding hydrogens is 182 g/mol. The van der Waals surface area contributed by atoms with Crippen molar-refractivity contribution in [3.63, 3.8) is 0 Å². The minimum atomic E-state index is -0.409. The van der Waals surface area contributed by atoms with Crippen molar-refractivity contribution in [1.29, 1.82) is 0 Å². The summed E-state index contributed by atoms with van der Waals surface area (Å²) in [7, 11) is 3.26. The van der Waals surface area contributed by atoms with Crippen LogP contribution in [0.5, 0.6) is 0 Å². The molecule has 0 bridgehead atoms. The predicted octanol–water partition coefficient (Wildman–Crippen LogP) is 0.707. The van der Waals surface area contributed by atoms with Crippen molar-refractivity contribution in [3.8, 4) is 0 Å². The molecule has 0 saturated heterocycles. The summed E-state index contributed by atoms with van der Waals surface area (Å²) in [6, 6.07) is 0.0253. The molecule has 0 spiro atoms. The van der Waals surface area contributed by atoms with Gasteiger partial charge >= 0.3 is 6.09 Å². The van der Waals surface area contributed by atoms with Gasteiger partial charge in [-0.3, -0.25) is 0 Å². The third-order valence-corrected chi connectivity index (χ3v) is 1.82. The van der Waals surface area contributed by atoms with Crippen molar-refractivity contribution in [1.82, 2.24) is 14.9 Å². The molecule has 0 saturated carbocycles. The quantitative estimate of drug-likeness (QED) is 0.776. The summed E-state index contributed by atoms with van der Waals surface area (Å²) >= 11 is 0. The highest BCUT2D eigenvalue weighted by Crippen LogP contribution is 1.99. The second kappa shape index (κ2) is 4.64. The van der Waals surface area contributed by atoms with Crippen LogP contribution in [0.3, 0.4) is 0 Å². The Balaban J connectivity index is 2.41. The molecule has 0 radical (unpaired) electrons. The van der Waals surface area contributed by atoms with E-state index in [0.717, 1.165) is 5.69 Å². The molecule has 0 aliphatic heterocycles. The number of aryl methyl sites for hydroxylation is 1. The molecule has 1 rings (SSSR count). The number of nitrogens with one attached hydrogen (secondary N) is 1. The number of nitrogens with zero attached hydrogens (tertiary/aromatic N) is 2. The zero-order valence-corrected chi connectivity index (χ0v) is 8.65. The summed E-state index contributed by atoms with van der Waals surface area (Å²) in [6.45, 7) is 1.91. The van der Waals surface area contributed by atoms with Gasteiger partial charge in [0.15, 0.2) is 0 Å². The number of carbonyl (C=O) groups excluding carboxylic acids is 1. The third-order valence-electron chi connectivity index (χ3n) is 1.82. The van der Waals surface area contributed by atoms with E-state index < -0.39 is 6.09 Å². The SMILES string of the molecule is COC(=O)NC(C)Cc1cn(C)cn1. The number of rotatable bonds is 3. The van der Waals surface area contributed by atoms with Gasteiger partial charge in [-0.05, 0) is 6.92 Å². The fourth-order valence-electron chi connectivity index (χ4n) is 1.20. The number of ether oxygens (including phenoxy) is 1. The molecule has 0 aromatic carbocycles. The first-order chi connectivity index (χ1) is 6.61. The summed E-state index contributed by atoms with van der Waals surface area (Å²) in [6.07, 6.45) is 3.96. The summed E-state index contributed by atoms with van der Waals surface area (Å²) in [4.78, 5) is 15.0. The third kappa shape index (κ3) is 3.08. The van der Waals surface area contributed by atoms with Gasteiger partial charge in [-0.1, -0.05) is 0 Å². The van der Waals surface area contributed by atoms with Gasteiger partial charge in [0.25, 0.3) is 0 Å².